The maximum absolute atomic E-state index is 11.2. The molecule has 12 heavy (non-hydrogen) atoms. The number of hydrogen-bond donors (Lipinski definition) is 1. The number of methoxy groups -OCH3 is 1. The molecular weight excluding hydrogens is 158 g/mol. The molecule has 4 nitrogen and oxygen atoms in total. The van der Waals surface area contributed by atoms with Gasteiger partial charge in [-0.25, -0.2) is 4.79 Å². The molecule has 0 aliphatic carbocycles. The van der Waals surface area contributed by atoms with E-state index in [9.17, 15) is 9.59 Å². The van der Waals surface area contributed by atoms with Crippen molar-refractivity contribution in [1.82, 2.24) is 5.32 Å². The van der Waals surface area contributed by atoms with E-state index in [1.165, 1.54) is 7.11 Å². The monoisotopic (exact) mass is 171 g/mol. The van der Waals surface area contributed by atoms with Crippen LogP contribution in [0.1, 0.15) is 20.3 Å². The van der Waals surface area contributed by atoms with Crippen molar-refractivity contribution >= 4 is 11.9 Å². The van der Waals surface area contributed by atoms with Gasteiger partial charge < -0.3 is 10.1 Å². The number of amides is 1. The van der Waals surface area contributed by atoms with Crippen LogP contribution in [0.25, 0.3) is 0 Å². The van der Waals surface area contributed by atoms with Gasteiger partial charge in [0.25, 0.3) is 0 Å². The minimum absolute atomic E-state index is 0.0853. The lowest BCUT2D eigenvalue weighted by molar-refractivity contribution is -0.143. The number of ether oxygens (including phenoxy) is 1. The molecule has 1 rings (SSSR count). The van der Waals surface area contributed by atoms with Crippen LogP contribution < -0.4 is 5.32 Å². The Morgan fingerprint density at radius 1 is 1.67 bits per heavy atom. The highest BCUT2D eigenvalue weighted by molar-refractivity contribution is 5.91. The van der Waals surface area contributed by atoms with E-state index in [2.05, 4.69) is 10.1 Å². The fourth-order valence-electron chi connectivity index (χ4n) is 1.29. The van der Waals surface area contributed by atoms with Crippen LogP contribution in [0.15, 0.2) is 0 Å². The van der Waals surface area contributed by atoms with Gasteiger partial charge in [0.2, 0.25) is 5.91 Å². The molecule has 1 atom stereocenters. The van der Waals surface area contributed by atoms with Crippen molar-refractivity contribution in [2.75, 3.05) is 7.11 Å². The molecule has 0 saturated carbocycles. The lowest BCUT2D eigenvalue weighted by Crippen LogP contribution is -2.34. The van der Waals surface area contributed by atoms with Crippen LogP contribution in [0.3, 0.4) is 0 Å². The molecule has 1 saturated heterocycles. The second-order valence-electron chi connectivity index (χ2n) is 3.64. The van der Waals surface area contributed by atoms with Crippen molar-refractivity contribution in [2.45, 2.75) is 26.3 Å². The van der Waals surface area contributed by atoms with E-state index in [1.807, 2.05) is 13.8 Å². The highest BCUT2D eigenvalue weighted by atomic mass is 16.5. The summed E-state index contributed by atoms with van der Waals surface area (Å²) in [6.45, 7) is 3.62. The van der Waals surface area contributed by atoms with E-state index >= 15 is 0 Å². The van der Waals surface area contributed by atoms with Crippen LogP contribution >= 0.6 is 0 Å². The summed E-state index contributed by atoms with van der Waals surface area (Å²) in [5, 5.41) is 2.58. The highest BCUT2D eigenvalue weighted by Crippen LogP contribution is 2.28. The Morgan fingerprint density at radius 3 is 2.58 bits per heavy atom. The molecule has 0 aromatic rings. The summed E-state index contributed by atoms with van der Waals surface area (Å²) in [5.41, 5.74) is -0.446. The zero-order chi connectivity index (χ0) is 9.35. The Kier molecular flexibility index (Phi) is 2.08. The van der Waals surface area contributed by atoms with E-state index in [0.29, 0.717) is 6.42 Å². The third-order valence-electron chi connectivity index (χ3n) is 2.12. The van der Waals surface area contributed by atoms with Crippen molar-refractivity contribution in [3.05, 3.63) is 0 Å². The van der Waals surface area contributed by atoms with Crippen LogP contribution in [0.2, 0.25) is 0 Å². The zero-order valence-corrected chi connectivity index (χ0v) is 7.51. The number of rotatable bonds is 1. The van der Waals surface area contributed by atoms with E-state index in [-0.39, 0.29) is 11.9 Å². The summed E-state index contributed by atoms with van der Waals surface area (Å²) >= 11 is 0. The summed E-state index contributed by atoms with van der Waals surface area (Å²) < 4.78 is 4.52. The van der Waals surface area contributed by atoms with Gasteiger partial charge in [-0.2, -0.15) is 0 Å². The number of hydrogen-bond acceptors (Lipinski definition) is 3. The average Bonchev–Trinajstić information content (AvgIpc) is 2.25. The first kappa shape index (κ1) is 9.03. The molecule has 1 heterocycles. The van der Waals surface area contributed by atoms with Crippen molar-refractivity contribution in [3.63, 3.8) is 0 Å². The SMILES string of the molecule is COC(=O)C1CC(C)(C)C(=O)N1. The Balaban J connectivity index is 2.67. The van der Waals surface area contributed by atoms with Gasteiger partial charge in [-0.05, 0) is 6.42 Å². The number of carbonyl (C=O) groups excluding carboxylic acids is 2. The highest BCUT2D eigenvalue weighted by Gasteiger charge is 2.42. The Hall–Kier alpha value is -1.06. The van der Waals surface area contributed by atoms with Crippen LogP contribution in [0, 0.1) is 5.41 Å². The molecule has 0 bridgehead atoms. The normalized spacial score (nSPS) is 26.6. The molecule has 1 aliphatic heterocycles. The molecule has 1 N–H and O–H groups in total. The van der Waals surface area contributed by atoms with E-state index in [1.54, 1.807) is 0 Å². The van der Waals surface area contributed by atoms with E-state index in [4.69, 9.17) is 0 Å². The first-order chi connectivity index (χ1) is 5.47. The predicted octanol–water partition coefficient (Wildman–Crippen LogP) is 0.0741. The zero-order valence-electron chi connectivity index (χ0n) is 7.51. The molecule has 0 radical (unpaired) electrons. The van der Waals surface area contributed by atoms with Crippen molar-refractivity contribution in [3.8, 4) is 0 Å². The molecule has 1 aliphatic rings. The van der Waals surface area contributed by atoms with Crippen LogP contribution in [0.5, 0.6) is 0 Å². The second kappa shape index (κ2) is 2.77. The lowest BCUT2D eigenvalue weighted by atomic mass is 9.90. The smallest absolute Gasteiger partial charge is 0.328 e. The molecule has 1 fully saturated rings. The summed E-state index contributed by atoms with van der Waals surface area (Å²) in [4.78, 5) is 22.2. The molecular formula is C8H13NO3. The van der Waals surface area contributed by atoms with Crippen LogP contribution in [-0.2, 0) is 14.3 Å². The number of nitrogens with one attached hydrogen (secondary N) is 1. The van der Waals surface area contributed by atoms with Gasteiger partial charge in [0.15, 0.2) is 0 Å². The first-order valence-electron chi connectivity index (χ1n) is 3.86. The van der Waals surface area contributed by atoms with E-state index in [0.717, 1.165) is 0 Å². The summed E-state index contributed by atoms with van der Waals surface area (Å²) in [7, 11) is 1.32. The molecule has 1 amide bonds. The maximum atomic E-state index is 11.2. The third kappa shape index (κ3) is 1.42. The van der Waals surface area contributed by atoms with Gasteiger partial charge in [0.05, 0.1) is 7.11 Å². The van der Waals surface area contributed by atoms with Gasteiger partial charge in [-0.1, -0.05) is 13.8 Å². The second-order valence-corrected chi connectivity index (χ2v) is 3.64. The van der Waals surface area contributed by atoms with Gasteiger partial charge in [0, 0.05) is 5.41 Å². The fraction of sp³-hybridized carbons (Fsp3) is 0.750. The standard InChI is InChI=1S/C8H13NO3/c1-8(2)4-5(6(10)12-3)9-7(8)11/h5H,4H2,1-3H3,(H,9,11). The van der Waals surface area contributed by atoms with Gasteiger partial charge >= 0.3 is 5.97 Å². The van der Waals surface area contributed by atoms with Gasteiger partial charge in [-0.15, -0.1) is 0 Å². The average molecular weight is 171 g/mol. The first-order valence-corrected chi connectivity index (χ1v) is 3.86. The molecule has 0 spiro atoms. The minimum Gasteiger partial charge on any atom is -0.467 e. The van der Waals surface area contributed by atoms with Crippen molar-refractivity contribution in [2.24, 2.45) is 5.41 Å². The third-order valence-corrected chi connectivity index (χ3v) is 2.12. The number of esters is 1. The molecule has 1 unspecified atom stereocenters. The van der Waals surface area contributed by atoms with Crippen molar-refractivity contribution in [1.29, 1.82) is 0 Å². The maximum Gasteiger partial charge on any atom is 0.328 e. The Morgan fingerprint density at radius 2 is 2.25 bits per heavy atom. The summed E-state index contributed by atoms with van der Waals surface area (Å²) in [5.74, 6) is -0.452. The van der Waals surface area contributed by atoms with Crippen LogP contribution in [-0.4, -0.2) is 25.0 Å². The molecule has 0 aromatic heterocycles. The fourth-order valence-corrected chi connectivity index (χ4v) is 1.29. The molecule has 4 heteroatoms. The van der Waals surface area contributed by atoms with Crippen LogP contribution in [0.4, 0.5) is 0 Å². The largest absolute Gasteiger partial charge is 0.467 e. The molecule has 0 aromatic carbocycles. The Bertz CT molecular complexity index is 222. The lowest BCUT2D eigenvalue weighted by Gasteiger charge is -2.11. The quantitative estimate of drug-likeness (QED) is 0.568. The van der Waals surface area contributed by atoms with Crippen molar-refractivity contribution < 1.29 is 14.3 Å². The van der Waals surface area contributed by atoms with E-state index < -0.39 is 11.5 Å². The Labute approximate surface area is 71.3 Å². The summed E-state index contributed by atoms with van der Waals surface area (Å²) in [6, 6.07) is -0.461. The number of carbonyl (C=O) groups is 2. The minimum atomic E-state index is -0.461. The van der Waals surface area contributed by atoms with Gasteiger partial charge in [-0.3, -0.25) is 4.79 Å². The summed E-state index contributed by atoms with van der Waals surface area (Å²) in [6.07, 6.45) is 0.512. The van der Waals surface area contributed by atoms with Gasteiger partial charge in [0.1, 0.15) is 6.04 Å². The topological polar surface area (TPSA) is 55.4 Å². The predicted molar refractivity (Wildman–Crippen MR) is 42.3 cm³/mol. The molecule has 68 valence electrons.